The average molecular weight is 180 g/mol. The lowest BCUT2D eigenvalue weighted by atomic mass is 9.95. The molecule has 0 saturated carbocycles. The van der Waals surface area contributed by atoms with Gasteiger partial charge in [0, 0.05) is 6.07 Å². The number of ether oxygens (including phenoxy) is 1. The minimum atomic E-state index is -0.408. The summed E-state index contributed by atoms with van der Waals surface area (Å²) in [6.07, 6.45) is -0.385. The van der Waals surface area contributed by atoms with Crippen LogP contribution in [0.15, 0.2) is 18.2 Å². The van der Waals surface area contributed by atoms with Gasteiger partial charge in [-0.05, 0) is 13.0 Å². The molecule has 1 atom stereocenters. The molecule has 0 bridgehead atoms. The molecule has 0 amide bonds. The van der Waals surface area contributed by atoms with Crippen molar-refractivity contribution >= 4 is 13.3 Å². The van der Waals surface area contributed by atoms with Crippen molar-refractivity contribution in [1.82, 2.24) is 0 Å². The summed E-state index contributed by atoms with van der Waals surface area (Å²) in [6.45, 7) is 1.54. The molecule has 0 heterocycles. The molecule has 0 fully saturated rings. The highest BCUT2D eigenvalue weighted by atomic mass is 19.1. The van der Waals surface area contributed by atoms with Crippen LogP contribution < -0.4 is 10.2 Å². The molecule has 4 heteroatoms. The molecule has 1 aromatic carbocycles. The summed E-state index contributed by atoms with van der Waals surface area (Å²) < 4.78 is 17.9. The molecule has 0 aliphatic carbocycles. The Morgan fingerprint density at radius 1 is 1.62 bits per heavy atom. The molecule has 0 spiro atoms. The van der Waals surface area contributed by atoms with Crippen molar-refractivity contribution in [2.24, 2.45) is 0 Å². The lowest BCUT2D eigenvalue weighted by Crippen LogP contribution is -2.20. The number of aliphatic hydroxyl groups excluding tert-OH is 1. The lowest BCUT2D eigenvalue weighted by Gasteiger charge is -2.14. The van der Waals surface area contributed by atoms with Gasteiger partial charge in [0.15, 0.2) is 0 Å². The molecule has 0 aliphatic rings. The zero-order valence-electron chi connectivity index (χ0n) is 7.33. The normalized spacial score (nSPS) is 12.5. The van der Waals surface area contributed by atoms with Crippen LogP contribution in [-0.2, 0) is 0 Å². The summed E-state index contributed by atoms with van der Waals surface area (Å²) in [5.74, 6) is -0.143. The number of benzene rings is 1. The molecule has 13 heavy (non-hydrogen) atoms. The van der Waals surface area contributed by atoms with Crippen molar-refractivity contribution in [1.29, 1.82) is 0 Å². The third kappa shape index (κ3) is 2.74. The van der Waals surface area contributed by atoms with Crippen LogP contribution in [0.25, 0.3) is 0 Å². The fourth-order valence-corrected chi connectivity index (χ4v) is 0.864. The number of rotatable bonds is 3. The zero-order chi connectivity index (χ0) is 9.84. The Morgan fingerprint density at radius 3 is 2.92 bits per heavy atom. The Bertz CT molecular complexity index is 291. The van der Waals surface area contributed by atoms with Crippen molar-refractivity contribution in [3.63, 3.8) is 0 Å². The maximum atomic E-state index is 12.7. The number of hydrogen-bond acceptors (Lipinski definition) is 2. The number of hydrogen-bond donors (Lipinski definition) is 1. The van der Waals surface area contributed by atoms with Gasteiger partial charge < -0.3 is 9.84 Å². The van der Waals surface area contributed by atoms with E-state index in [0.29, 0.717) is 5.46 Å². The highest BCUT2D eigenvalue weighted by Gasteiger charge is 2.05. The molecule has 68 valence electrons. The van der Waals surface area contributed by atoms with Crippen molar-refractivity contribution in [2.45, 2.75) is 13.0 Å². The summed E-state index contributed by atoms with van der Waals surface area (Å²) in [7, 11) is 5.52. The summed E-state index contributed by atoms with van der Waals surface area (Å²) in [5, 5.41) is 8.70. The lowest BCUT2D eigenvalue weighted by molar-refractivity contribution is 0.130. The van der Waals surface area contributed by atoms with Crippen molar-refractivity contribution in [3.05, 3.63) is 24.0 Å². The zero-order valence-corrected chi connectivity index (χ0v) is 7.33. The Balaban J connectivity index is 2.81. The predicted octanol–water partition coefficient (Wildman–Crippen LogP) is 0.379. The fraction of sp³-hybridized carbons (Fsp3) is 0.333. The molecule has 2 nitrogen and oxygen atoms in total. The van der Waals surface area contributed by atoms with Crippen LogP contribution in [0.2, 0.25) is 0 Å². The Morgan fingerprint density at radius 2 is 2.31 bits per heavy atom. The Hall–Kier alpha value is -1.03. The average Bonchev–Trinajstić information content (AvgIpc) is 2.11. The van der Waals surface area contributed by atoms with Gasteiger partial charge in [0.25, 0.3) is 0 Å². The molecule has 1 unspecified atom stereocenters. The summed E-state index contributed by atoms with van der Waals surface area (Å²) in [5.41, 5.74) is 0.363. The van der Waals surface area contributed by atoms with Crippen molar-refractivity contribution in [2.75, 3.05) is 6.61 Å². The minimum Gasteiger partial charge on any atom is -0.489 e. The minimum absolute atomic E-state index is 0.129. The molecule has 0 aliphatic heterocycles. The van der Waals surface area contributed by atoms with Gasteiger partial charge in [0.1, 0.15) is 25.5 Å². The smallest absolute Gasteiger partial charge is 0.126 e. The first-order chi connectivity index (χ1) is 6.13. The van der Waals surface area contributed by atoms with E-state index >= 15 is 0 Å². The SMILES string of the molecule is [B]c1ccc(F)cc1OC(C)CO. The van der Waals surface area contributed by atoms with Gasteiger partial charge in [-0.1, -0.05) is 11.5 Å². The van der Waals surface area contributed by atoms with Gasteiger partial charge in [-0.15, -0.1) is 0 Å². The monoisotopic (exact) mass is 180 g/mol. The maximum Gasteiger partial charge on any atom is 0.126 e. The second-order valence-electron chi connectivity index (χ2n) is 2.79. The van der Waals surface area contributed by atoms with Gasteiger partial charge in [0.2, 0.25) is 0 Å². The van der Waals surface area contributed by atoms with Crippen LogP contribution in [0.3, 0.4) is 0 Å². The molecular weight excluding hydrogens is 170 g/mol. The fourth-order valence-electron chi connectivity index (χ4n) is 0.864. The first-order valence-electron chi connectivity index (χ1n) is 3.96. The molecule has 0 aromatic heterocycles. The van der Waals surface area contributed by atoms with Gasteiger partial charge in [0.05, 0.1) is 6.61 Å². The van der Waals surface area contributed by atoms with Crippen LogP contribution in [0, 0.1) is 5.82 Å². The van der Waals surface area contributed by atoms with E-state index in [9.17, 15) is 4.39 Å². The van der Waals surface area contributed by atoms with Crippen LogP contribution in [0.5, 0.6) is 5.75 Å². The predicted molar refractivity (Wildman–Crippen MR) is 49.0 cm³/mol. The summed E-state index contributed by atoms with van der Waals surface area (Å²) >= 11 is 0. The Kier molecular flexibility index (Phi) is 3.31. The highest BCUT2D eigenvalue weighted by Crippen LogP contribution is 2.10. The molecule has 2 radical (unpaired) electrons. The van der Waals surface area contributed by atoms with Gasteiger partial charge in [-0.2, -0.15) is 0 Å². The third-order valence-corrected chi connectivity index (χ3v) is 1.56. The van der Waals surface area contributed by atoms with Crippen molar-refractivity contribution in [3.8, 4) is 5.75 Å². The molecule has 1 rings (SSSR count). The van der Waals surface area contributed by atoms with E-state index in [1.165, 1.54) is 18.2 Å². The van der Waals surface area contributed by atoms with Crippen LogP contribution in [-0.4, -0.2) is 25.7 Å². The molecule has 0 saturated heterocycles. The molecule has 1 N–H and O–H groups in total. The topological polar surface area (TPSA) is 29.5 Å². The van der Waals surface area contributed by atoms with E-state index < -0.39 is 5.82 Å². The van der Waals surface area contributed by atoms with Crippen LogP contribution >= 0.6 is 0 Å². The van der Waals surface area contributed by atoms with Crippen LogP contribution in [0.1, 0.15) is 6.92 Å². The maximum absolute atomic E-state index is 12.7. The first kappa shape index (κ1) is 10.1. The largest absolute Gasteiger partial charge is 0.489 e. The quantitative estimate of drug-likeness (QED) is 0.681. The van der Waals surface area contributed by atoms with E-state index in [1.807, 2.05) is 0 Å². The number of halogens is 1. The van der Waals surface area contributed by atoms with Gasteiger partial charge in [-0.25, -0.2) is 4.39 Å². The first-order valence-corrected chi connectivity index (χ1v) is 3.96. The second-order valence-corrected chi connectivity index (χ2v) is 2.79. The summed E-state index contributed by atoms with van der Waals surface area (Å²) in [4.78, 5) is 0. The molecular formula is C9H10BFO2. The third-order valence-electron chi connectivity index (χ3n) is 1.56. The van der Waals surface area contributed by atoms with E-state index in [2.05, 4.69) is 0 Å². The summed E-state index contributed by atoms with van der Waals surface area (Å²) in [6, 6.07) is 3.88. The van der Waals surface area contributed by atoms with E-state index in [1.54, 1.807) is 6.92 Å². The van der Waals surface area contributed by atoms with E-state index in [0.717, 1.165) is 0 Å². The van der Waals surface area contributed by atoms with Gasteiger partial charge >= 0.3 is 0 Å². The molecule has 1 aromatic rings. The van der Waals surface area contributed by atoms with E-state index in [4.69, 9.17) is 17.7 Å². The second kappa shape index (κ2) is 4.28. The van der Waals surface area contributed by atoms with E-state index in [-0.39, 0.29) is 18.5 Å². The van der Waals surface area contributed by atoms with Gasteiger partial charge in [-0.3, -0.25) is 0 Å². The number of aliphatic hydroxyl groups is 1. The Labute approximate surface area is 77.8 Å². The van der Waals surface area contributed by atoms with Crippen molar-refractivity contribution < 1.29 is 14.2 Å². The standard InChI is InChI=1S/C9H10BFO2/c1-6(5-12)13-9-4-7(11)2-3-8(9)10/h2-4,6,12H,5H2,1H3. The highest BCUT2D eigenvalue weighted by molar-refractivity contribution is 6.34. The van der Waals surface area contributed by atoms with Crippen LogP contribution in [0.4, 0.5) is 4.39 Å².